The lowest BCUT2D eigenvalue weighted by molar-refractivity contribution is -0.0541. The van der Waals surface area contributed by atoms with Crippen molar-refractivity contribution in [1.29, 1.82) is 0 Å². The van der Waals surface area contributed by atoms with Gasteiger partial charge in [0.05, 0.1) is 12.0 Å². The fourth-order valence-corrected chi connectivity index (χ4v) is 2.56. The number of halogens is 2. The van der Waals surface area contributed by atoms with E-state index >= 15 is 0 Å². The highest BCUT2D eigenvalue weighted by Crippen LogP contribution is 2.28. The molecule has 3 N–H and O–H groups in total. The van der Waals surface area contributed by atoms with E-state index in [9.17, 15) is 23.8 Å². The second-order valence-corrected chi connectivity index (χ2v) is 5.11. The van der Waals surface area contributed by atoms with Crippen molar-refractivity contribution >= 4 is 10.8 Å². The van der Waals surface area contributed by atoms with E-state index in [1.54, 1.807) is 0 Å². The third-order valence-electron chi connectivity index (χ3n) is 3.76. The Kier molecular flexibility index (Phi) is 3.69. The zero-order valence-corrected chi connectivity index (χ0v) is 11.2. The van der Waals surface area contributed by atoms with Crippen molar-refractivity contribution in [3.63, 3.8) is 0 Å². The molecule has 1 aliphatic heterocycles. The molecule has 1 aromatic heterocycles. The number of benzene rings is 1. The molecule has 22 heavy (non-hydrogen) atoms. The van der Waals surface area contributed by atoms with Crippen LogP contribution in [0.4, 0.5) is 8.78 Å². The Morgan fingerprint density at radius 1 is 1.18 bits per heavy atom. The maximum absolute atomic E-state index is 13.3. The minimum Gasteiger partial charge on any atom is -0.394 e. The van der Waals surface area contributed by atoms with Crippen LogP contribution in [0, 0.1) is 11.6 Å². The highest BCUT2D eigenvalue weighted by molar-refractivity contribution is 5.81. The lowest BCUT2D eigenvalue weighted by atomic mass is 10.1. The standard InChI is InChI=1S/C14H13F2NO5/c15-8-3-6-1-2-17(13(21)7(6)4-9(8)16)14-12(20)11(19)10(5-18)22-14/h1-4,10-12,14,18-20H,5H2/t10-,11-,12+,14-/m1/s1. The minimum atomic E-state index is -1.43. The van der Waals surface area contributed by atoms with E-state index in [0.717, 1.165) is 16.7 Å². The summed E-state index contributed by atoms with van der Waals surface area (Å²) in [6.07, 6.45) is -3.80. The summed E-state index contributed by atoms with van der Waals surface area (Å²) in [5.41, 5.74) is -0.703. The van der Waals surface area contributed by atoms with Crippen molar-refractivity contribution in [2.45, 2.75) is 24.5 Å². The molecule has 0 aliphatic carbocycles. The van der Waals surface area contributed by atoms with Gasteiger partial charge in [-0.3, -0.25) is 9.36 Å². The first-order valence-corrected chi connectivity index (χ1v) is 6.56. The van der Waals surface area contributed by atoms with Crippen LogP contribution in [0.5, 0.6) is 0 Å². The van der Waals surface area contributed by atoms with Gasteiger partial charge >= 0.3 is 0 Å². The van der Waals surface area contributed by atoms with Gasteiger partial charge in [-0.2, -0.15) is 0 Å². The minimum absolute atomic E-state index is 0.0841. The molecule has 2 heterocycles. The molecule has 0 radical (unpaired) electrons. The Balaban J connectivity index is 2.11. The zero-order chi connectivity index (χ0) is 16.0. The molecule has 8 heteroatoms. The number of aliphatic hydroxyl groups is 3. The summed E-state index contributed by atoms with van der Waals surface area (Å²) in [5, 5.41) is 28.8. The van der Waals surface area contributed by atoms with Crippen LogP contribution >= 0.6 is 0 Å². The molecule has 3 rings (SSSR count). The topological polar surface area (TPSA) is 91.9 Å². The number of hydrogen-bond acceptors (Lipinski definition) is 5. The summed E-state index contributed by atoms with van der Waals surface area (Å²) in [4.78, 5) is 12.4. The molecule has 0 saturated carbocycles. The van der Waals surface area contributed by atoms with Crippen molar-refractivity contribution in [1.82, 2.24) is 4.57 Å². The number of pyridine rings is 1. The second kappa shape index (κ2) is 5.40. The molecule has 0 spiro atoms. The molecule has 4 atom stereocenters. The Morgan fingerprint density at radius 2 is 1.86 bits per heavy atom. The lowest BCUT2D eigenvalue weighted by Gasteiger charge is -2.18. The van der Waals surface area contributed by atoms with E-state index in [1.165, 1.54) is 12.3 Å². The third kappa shape index (κ3) is 2.20. The molecule has 1 aromatic carbocycles. The monoisotopic (exact) mass is 313 g/mol. The van der Waals surface area contributed by atoms with Gasteiger partial charge in [-0.05, 0) is 23.6 Å². The largest absolute Gasteiger partial charge is 0.394 e. The first-order valence-electron chi connectivity index (χ1n) is 6.56. The predicted molar refractivity (Wildman–Crippen MR) is 71.1 cm³/mol. The van der Waals surface area contributed by atoms with Crippen molar-refractivity contribution in [3.8, 4) is 0 Å². The molecular weight excluding hydrogens is 300 g/mol. The number of aromatic nitrogens is 1. The quantitative estimate of drug-likeness (QED) is 0.720. The van der Waals surface area contributed by atoms with Crippen LogP contribution in [0.2, 0.25) is 0 Å². The van der Waals surface area contributed by atoms with Gasteiger partial charge in [-0.25, -0.2) is 8.78 Å². The van der Waals surface area contributed by atoms with Crippen molar-refractivity contribution in [2.75, 3.05) is 6.61 Å². The van der Waals surface area contributed by atoms with Crippen molar-refractivity contribution in [2.24, 2.45) is 0 Å². The summed E-state index contributed by atoms with van der Waals surface area (Å²) in [6.45, 7) is -0.531. The second-order valence-electron chi connectivity index (χ2n) is 5.11. The van der Waals surface area contributed by atoms with Gasteiger partial charge in [0.2, 0.25) is 0 Å². The molecular formula is C14H13F2NO5. The zero-order valence-electron chi connectivity index (χ0n) is 11.2. The number of rotatable bonds is 2. The summed E-state index contributed by atoms with van der Waals surface area (Å²) in [5.74, 6) is -2.24. The fraction of sp³-hybridized carbons (Fsp3) is 0.357. The smallest absolute Gasteiger partial charge is 0.260 e. The molecule has 0 bridgehead atoms. The normalized spacial score (nSPS) is 28.4. The van der Waals surface area contributed by atoms with Gasteiger partial charge in [-0.1, -0.05) is 0 Å². The highest BCUT2D eigenvalue weighted by Gasteiger charge is 2.43. The molecule has 0 amide bonds. The molecule has 0 unspecified atom stereocenters. The van der Waals surface area contributed by atoms with E-state index in [4.69, 9.17) is 9.84 Å². The fourth-order valence-electron chi connectivity index (χ4n) is 2.56. The number of nitrogens with zero attached hydrogens (tertiary/aromatic N) is 1. The van der Waals surface area contributed by atoms with E-state index in [1.807, 2.05) is 0 Å². The SMILES string of the molecule is O=c1c2cc(F)c(F)cc2ccn1[C@@H]1O[C@H](CO)[C@@H](O)[C@@H]1O. The van der Waals surface area contributed by atoms with Crippen molar-refractivity contribution < 1.29 is 28.8 Å². The van der Waals surface area contributed by atoms with E-state index in [0.29, 0.717) is 0 Å². The molecule has 1 saturated heterocycles. The van der Waals surface area contributed by atoms with Gasteiger partial charge in [0.1, 0.15) is 18.3 Å². The van der Waals surface area contributed by atoms with E-state index in [-0.39, 0.29) is 10.8 Å². The number of fused-ring (bicyclic) bond motifs is 1. The Bertz CT molecular complexity index is 778. The molecule has 6 nitrogen and oxygen atoms in total. The van der Waals surface area contributed by atoms with Crippen LogP contribution in [0.3, 0.4) is 0 Å². The Hall–Kier alpha value is -1.87. The highest BCUT2D eigenvalue weighted by atomic mass is 19.2. The summed E-state index contributed by atoms with van der Waals surface area (Å²) < 4.78 is 32.7. The molecule has 2 aromatic rings. The van der Waals surface area contributed by atoms with E-state index < -0.39 is 48.3 Å². The number of aliphatic hydroxyl groups excluding tert-OH is 3. The first-order chi connectivity index (χ1) is 10.4. The number of ether oxygens (including phenoxy) is 1. The maximum Gasteiger partial charge on any atom is 0.260 e. The van der Waals surface area contributed by atoms with Crippen LogP contribution in [-0.2, 0) is 4.74 Å². The van der Waals surface area contributed by atoms with Crippen LogP contribution in [-0.4, -0.2) is 44.8 Å². The van der Waals surface area contributed by atoms with Crippen molar-refractivity contribution in [3.05, 3.63) is 46.4 Å². The maximum atomic E-state index is 13.3. The lowest BCUT2D eigenvalue weighted by Crippen LogP contribution is -2.35. The van der Waals surface area contributed by atoms with Gasteiger partial charge < -0.3 is 20.1 Å². The van der Waals surface area contributed by atoms with Crippen LogP contribution < -0.4 is 5.56 Å². The predicted octanol–water partition coefficient (Wildman–Crippen LogP) is -0.109. The summed E-state index contributed by atoms with van der Waals surface area (Å²) >= 11 is 0. The molecule has 1 fully saturated rings. The third-order valence-corrected chi connectivity index (χ3v) is 3.76. The average molecular weight is 313 g/mol. The average Bonchev–Trinajstić information content (AvgIpc) is 2.78. The Morgan fingerprint density at radius 3 is 2.50 bits per heavy atom. The van der Waals surface area contributed by atoms with Gasteiger partial charge in [0.15, 0.2) is 17.9 Å². The Labute approximate surface area is 122 Å². The van der Waals surface area contributed by atoms with Crippen LogP contribution in [0.1, 0.15) is 6.23 Å². The van der Waals surface area contributed by atoms with Gasteiger partial charge in [0, 0.05) is 6.20 Å². The van der Waals surface area contributed by atoms with Crippen LogP contribution in [0.25, 0.3) is 10.8 Å². The summed E-state index contributed by atoms with van der Waals surface area (Å²) in [7, 11) is 0. The summed E-state index contributed by atoms with van der Waals surface area (Å²) in [6, 6.07) is 3.03. The molecule has 1 aliphatic rings. The molecule has 118 valence electrons. The first kappa shape index (κ1) is 15.0. The van der Waals surface area contributed by atoms with Gasteiger partial charge in [-0.15, -0.1) is 0 Å². The van der Waals surface area contributed by atoms with Gasteiger partial charge in [0.25, 0.3) is 5.56 Å². The van der Waals surface area contributed by atoms with E-state index in [2.05, 4.69) is 0 Å². The van der Waals surface area contributed by atoms with Crippen LogP contribution in [0.15, 0.2) is 29.2 Å². The number of hydrogen-bond donors (Lipinski definition) is 3.